The fourth-order valence-electron chi connectivity index (χ4n) is 3.05. The summed E-state index contributed by atoms with van der Waals surface area (Å²) < 4.78 is 1.80. The molecular formula is C16H16N6O. The monoisotopic (exact) mass is 308 g/mol. The molecule has 1 aliphatic rings. The molecule has 0 aliphatic heterocycles. The van der Waals surface area contributed by atoms with Crippen molar-refractivity contribution >= 4 is 11.7 Å². The number of hydrogen-bond acceptors (Lipinski definition) is 4. The molecule has 116 valence electrons. The third-order valence-corrected chi connectivity index (χ3v) is 4.03. The van der Waals surface area contributed by atoms with E-state index >= 15 is 0 Å². The molecule has 3 aromatic rings. The molecule has 7 heteroatoms. The van der Waals surface area contributed by atoms with E-state index in [0.717, 1.165) is 36.2 Å². The maximum atomic E-state index is 12.6. The summed E-state index contributed by atoms with van der Waals surface area (Å²) in [4.78, 5) is 23.9. The number of hydrogen-bond donors (Lipinski definition) is 2. The zero-order valence-corrected chi connectivity index (χ0v) is 12.7. The van der Waals surface area contributed by atoms with Crippen molar-refractivity contribution in [1.29, 1.82) is 0 Å². The molecule has 0 fully saturated rings. The number of aryl methyl sites for hydroxylation is 3. The van der Waals surface area contributed by atoms with E-state index in [1.165, 1.54) is 11.8 Å². The molecule has 0 saturated carbocycles. The number of aromatic amines is 1. The Bertz CT molecular complexity index is 864. The van der Waals surface area contributed by atoms with Crippen LogP contribution in [-0.4, -0.2) is 30.6 Å². The second-order valence-corrected chi connectivity index (χ2v) is 5.63. The molecule has 2 N–H and O–H groups in total. The summed E-state index contributed by atoms with van der Waals surface area (Å²) in [6.45, 7) is 0. The van der Waals surface area contributed by atoms with Gasteiger partial charge in [-0.25, -0.2) is 4.98 Å². The van der Waals surface area contributed by atoms with Gasteiger partial charge in [0.1, 0.15) is 0 Å². The third-order valence-electron chi connectivity index (χ3n) is 4.03. The number of aromatic nitrogens is 5. The number of fused-ring (bicyclic) bond motifs is 3. The Morgan fingerprint density at radius 2 is 2.26 bits per heavy atom. The second-order valence-electron chi connectivity index (χ2n) is 5.63. The molecule has 0 radical (unpaired) electrons. The minimum absolute atomic E-state index is 0.207. The van der Waals surface area contributed by atoms with E-state index in [1.807, 2.05) is 13.2 Å². The number of amides is 1. The first-order chi connectivity index (χ1) is 11.2. The molecule has 4 rings (SSSR count). The first-order valence-corrected chi connectivity index (χ1v) is 7.53. The van der Waals surface area contributed by atoms with Crippen LogP contribution >= 0.6 is 0 Å². The van der Waals surface area contributed by atoms with Crippen molar-refractivity contribution in [1.82, 2.24) is 24.7 Å². The fourth-order valence-corrected chi connectivity index (χ4v) is 3.05. The van der Waals surface area contributed by atoms with Crippen molar-refractivity contribution in [2.24, 2.45) is 7.05 Å². The standard InChI is InChI=1S/C16H16N6O/c1-22-9-10-3-2-4-12-14(15(10)21-22)11(7-19-12)16(23)20-13-8-17-5-6-18-13/h5-9,19H,2-4H2,1H3,(H,18,20,23). The molecule has 0 atom stereocenters. The molecule has 1 amide bonds. The highest BCUT2D eigenvalue weighted by Gasteiger charge is 2.25. The fraction of sp³-hybridized carbons (Fsp3) is 0.250. The minimum Gasteiger partial charge on any atom is -0.364 e. The Morgan fingerprint density at radius 1 is 1.35 bits per heavy atom. The van der Waals surface area contributed by atoms with Crippen molar-refractivity contribution in [3.8, 4) is 11.3 Å². The summed E-state index contributed by atoms with van der Waals surface area (Å²) in [5, 5.41) is 7.35. The maximum Gasteiger partial charge on any atom is 0.259 e. The molecule has 23 heavy (non-hydrogen) atoms. The highest BCUT2D eigenvalue weighted by Crippen LogP contribution is 2.34. The molecular weight excluding hydrogens is 292 g/mol. The summed E-state index contributed by atoms with van der Waals surface area (Å²) in [6, 6.07) is 0. The second kappa shape index (κ2) is 5.35. The van der Waals surface area contributed by atoms with Crippen LogP contribution in [0, 0.1) is 0 Å². The molecule has 3 aromatic heterocycles. The Hall–Kier alpha value is -2.96. The lowest BCUT2D eigenvalue weighted by molar-refractivity contribution is 0.102. The van der Waals surface area contributed by atoms with Crippen molar-refractivity contribution in [3.05, 3.63) is 47.8 Å². The van der Waals surface area contributed by atoms with E-state index in [4.69, 9.17) is 0 Å². The molecule has 1 aliphatic carbocycles. The van der Waals surface area contributed by atoms with E-state index in [1.54, 1.807) is 23.3 Å². The van der Waals surface area contributed by atoms with Crippen LogP contribution in [0.25, 0.3) is 11.3 Å². The van der Waals surface area contributed by atoms with Crippen molar-refractivity contribution in [2.75, 3.05) is 5.32 Å². The molecule has 0 unspecified atom stereocenters. The van der Waals surface area contributed by atoms with E-state index in [-0.39, 0.29) is 5.91 Å². The van der Waals surface area contributed by atoms with Crippen LogP contribution in [0.4, 0.5) is 5.82 Å². The van der Waals surface area contributed by atoms with Gasteiger partial charge in [0.15, 0.2) is 5.82 Å². The summed E-state index contributed by atoms with van der Waals surface area (Å²) >= 11 is 0. The Labute approximate surface area is 132 Å². The number of H-pyrrole nitrogens is 1. The largest absolute Gasteiger partial charge is 0.364 e. The van der Waals surface area contributed by atoms with Crippen LogP contribution in [-0.2, 0) is 19.9 Å². The first kappa shape index (κ1) is 13.7. The van der Waals surface area contributed by atoms with E-state index in [2.05, 4.69) is 25.4 Å². The van der Waals surface area contributed by atoms with Gasteiger partial charge in [0, 0.05) is 43.1 Å². The predicted octanol–water partition coefficient (Wildman–Crippen LogP) is 1.95. The lowest BCUT2D eigenvalue weighted by Gasteiger charge is -2.05. The quantitative estimate of drug-likeness (QED) is 0.757. The number of nitrogens with zero attached hydrogens (tertiary/aromatic N) is 4. The summed E-state index contributed by atoms with van der Waals surface area (Å²) in [6.07, 6.45) is 11.3. The Kier molecular flexibility index (Phi) is 3.18. The van der Waals surface area contributed by atoms with Gasteiger partial charge >= 0.3 is 0 Å². The van der Waals surface area contributed by atoms with E-state index < -0.39 is 0 Å². The van der Waals surface area contributed by atoms with Crippen LogP contribution < -0.4 is 5.32 Å². The molecule has 0 bridgehead atoms. The zero-order chi connectivity index (χ0) is 15.8. The molecule has 0 spiro atoms. The van der Waals surface area contributed by atoms with E-state index in [9.17, 15) is 4.79 Å². The molecule has 0 aromatic carbocycles. The number of carbonyl (C=O) groups is 1. The molecule has 0 saturated heterocycles. The Balaban J connectivity index is 1.75. The maximum absolute atomic E-state index is 12.6. The van der Waals surface area contributed by atoms with Gasteiger partial charge in [-0.05, 0) is 24.8 Å². The lowest BCUT2D eigenvalue weighted by Crippen LogP contribution is -2.13. The number of rotatable bonds is 2. The minimum atomic E-state index is -0.207. The number of nitrogens with one attached hydrogen (secondary N) is 2. The van der Waals surface area contributed by atoms with Gasteiger partial charge in [0.25, 0.3) is 5.91 Å². The van der Waals surface area contributed by atoms with Gasteiger partial charge in [-0.1, -0.05) is 0 Å². The van der Waals surface area contributed by atoms with Crippen molar-refractivity contribution < 1.29 is 4.79 Å². The van der Waals surface area contributed by atoms with Gasteiger partial charge in [-0.3, -0.25) is 14.5 Å². The van der Waals surface area contributed by atoms with Gasteiger partial charge in [0.2, 0.25) is 0 Å². The Morgan fingerprint density at radius 3 is 3.09 bits per heavy atom. The van der Waals surface area contributed by atoms with E-state index in [0.29, 0.717) is 11.4 Å². The SMILES string of the molecule is Cn1cc2c(n1)-c1c(C(=O)Nc3cnccn3)c[nH]c1CCC2. The van der Waals surface area contributed by atoms with Gasteiger partial charge in [-0.2, -0.15) is 5.10 Å². The smallest absolute Gasteiger partial charge is 0.259 e. The van der Waals surface area contributed by atoms with Crippen LogP contribution in [0.2, 0.25) is 0 Å². The average Bonchev–Trinajstić information content (AvgIpc) is 3.08. The van der Waals surface area contributed by atoms with Crippen molar-refractivity contribution in [2.45, 2.75) is 19.3 Å². The van der Waals surface area contributed by atoms with Crippen LogP contribution in [0.3, 0.4) is 0 Å². The van der Waals surface area contributed by atoms with Gasteiger partial charge in [0.05, 0.1) is 17.5 Å². The summed E-state index contributed by atoms with van der Waals surface area (Å²) in [7, 11) is 1.90. The highest BCUT2D eigenvalue weighted by atomic mass is 16.1. The summed E-state index contributed by atoms with van der Waals surface area (Å²) in [5.74, 6) is 0.226. The van der Waals surface area contributed by atoms with Crippen LogP contribution in [0.5, 0.6) is 0 Å². The highest BCUT2D eigenvalue weighted by molar-refractivity contribution is 6.08. The average molecular weight is 308 g/mol. The topological polar surface area (TPSA) is 88.5 Å². The van der Waals surface area contributed by atoms with Crippen LogP contribution in [0.1, 0.15) is 28.0 Å². The summed E-state index contributed by atoms with van der Waals surface area (Å²) in [5.41, 5.74) is 4.63. The predicted molar refractivity (Wildman–Crippen MR) is 85.0 cm³/mol. The van der Waals surface area contributed by atoms with Crippen LogP contribution in [0.15, 0.2) is 31.0 Å². The van der Waals surface area contributed by atoms with Gasteiger partial charge in [-0.15, -0.1) is 0 Å². The van der Waals surface area contributed by atoms with Crippen molar-refractivity contribution in [3.63, 3.8) is 0 Å². The normalized spacial score (nSPS) is 13.1. The lowest BCUT2D eigenvalue weighted by atomic mass is 10.0. The number of carbonyl (C=O) groups excluding carboxylic acids is 1. The first-order valence-electron chi connectivity index (χ1n) is 7.53. The molecule has 7 nitrogen and oxygen atoms in total. The number of anilines is 1. The molecule has 3 heterocycles. The third kappa shape index (κ3) is 2.40. The van der Waals surface area contributed by atoms with Gasteiger partial charge < -0.3 is 10.3 Å². The zero-order valence-electron chi connectivity index (χ0n) is 12.7.